The van der Waals surface area contributed by atoms with Crippen LogP contribution in [0.15, 0.2) is 11.3 Å². The van der Waals surface area contributed by atoms with Crippen molar-refractivity contribution in [3.63, 3.8) is 0 Å². The molecule has 1 aliphatic heterocycles. The Morgan fingerprint density at radius 2 is 2.35 bits per heavy atom. The van der Waals surface area contributed by atoms with Crippen LogP contribution in [0, 0.1) is 0 Å². The number of aromatic nitrogens is 2. The number of anilines is 1. The molecule has 2 amide bonds. The molecule has 0 aliphatic carbocycles. The largest absolute Gasteiger partial charge is 0.306 e. The summed E-state index contributed by atoms with van der Waals surface area (Å²) in [5, 5.41) is 13.0. The van der Waals surface area contributed by atoms with E-state index in [1.807, 2.05) is 6.92 Å². The minimum Gasteiger partial charge on any atom is -0.306 e. The number of nitrogens with zero attached hydrogens (tertiary/aromatic N) is 2. The Balaban J connectivity index is 2.04. The summed E-state index contributed by atoms with van der Waals surface area (Å²) in [7, 11) is 0. The number of carbonyl (C=O) groups excluding carboxylic acids is 2. The highest BCUT2D eigenvalue weighted by molar-refractivity contribution is 6.43. The quantitative estimate of drug-likeness (QED) is 0.696. The average Bonchev–Trinajstić information content (AvgIpc) is 2.77. The van der Waals surface area contributed by atoms with Crippen LogP contribution in [0.2, 0.25) is 0 Å². The van der Waals surface area contributed by atoms with Crippen molar-refractivity contribution in [2.24, 2.45) is 5.10 Å². The number of hydrogen-bond acceptors (Lipinski definition) is 4. The highest BCUT2D eigenvalue weighted by Gasteiger charge is 2.19. The fraction of sp³-hybridized carbons (Fsp3) is 0.400. The van der Waals surface area contributed by atoms with Gasteiger partial charge in [0.2, 0.25) is 5.91 Å². The average molecular weight is 235 g/mol. The highest BCUT2D eigenvalue weighted by atomic mass is 16.2. The zero-order chi connectivity index (χ0) is 12.3. The first kappa shape index (κ1) is 11.3. The lowest BCUT2D eigenvalue weighted by Gasteiger charge is -2.11. The van der Waals surface area contributed by atoms with Crippen LogP contribution >= 0.6 is 0 Å². The molecule has 0 fully saturated rings. The van der Waals surface area contributed by atoms with E-state index in [0.29, 0.717) is 18.0 Å². The molecule has 0 saturated carbocycles. The first-order valence-electron chi connectivity index (χ1n) is 5.39. The topological polar surface area (TPSA) is 99.2 Å². The van der Waals surface area contributed by atoms with Crippen molar-refractivity contribution in [3.8, 4) is 0 Å². The van der Waals surface area contributed by atoms with Gasteiger partial charge in [0.1, 0.15) is 11.5 Å². The monoisotopic (exact) mass is 235 g/mol. The van der Waals surface area contributed by atoms with Gasteiger partial charge in [-0.3, -0.25) is 14.7 Å². The molecular formula is C10H13N5O2. The molecule has 0 aromatic carbocycles. The third-order valence-electron chi connectivity index (χ3n) is 2.50. The Morgan fingerprint density at radius 1 is 1.53 bits per heavy atom. The first-order valence-corrected chi connectivity index (χ1v) is 5.39. The van der Waals surface area contributed by atoms with E-state index in [1.54, 1.807) is 6.20 Å². The van der Waals surface area contributed by atoms with E-state index < -0.39 is 0 Å². The lowest BCUT2D eigenvalue weighted by Crippen LogP contribution is -2.33. The fourth-order valence-corrected chi connectivity index (χ4v) is 1.51. The summed E-state index contributed by atoms with van der Waals surface area (Å²) >= 11 is 0. The van der Waals surface area contributed by atoms with E-state index in [-0.39, 0.29) is 18.2 Å². The van der Waals surface area contributed by atoms with E-state index in [2.05, 4.69) is 26.0 Å². The number of nitrogens with one attached hydrogen (secondary N) is 3. The van der Waals surface area contributed by atoms with Crippen molar-refractivity contribution in [1.29, 1.82) is 0 Å². The van der Waals surface area contributed by atoms with Crippen LogP contribution in [0.1, 0.15) is 25.3 Å². The Morgan fingerprint density at radius 3 is 3.00 bits per heavy atom. The molecule has 1 aromatic rings. The molecule has 0 spiro atoms. The summed E-state index contributed by atoms with van der Waals surface area (Å²) in [4.78, 5) is 22.7. The van der Waals surface area contributed by atoms with Crippen LogP contribution in [-0.2, 0) is 16.0 Å². The highest BCUT2D eigenvalue weighted by Crippen LogP contribution is 2.12. The van der Waals surface area contributed by atoms with Gasteiger partial charge in [-0.25, -0.2) is 5.43 Å². The normalized spacial score (nSPS) is 15.1. The van der Waals surface area contributed by atoms with Gasteiger partial charge in [-0.1, -0.05) is 6.92 Å². The van der Waals surface area contributed by atoms with Gasteiger partial charge >= 0.3 is 0 Å². The van der Waals surface area contributed by atoms with Gasteiger partial charge in [-0.2, -0.15) is 10.2 Å². The molecule has 0 unspecified atom stereocenters. The summed E-state index contributed by atoms with van der Waals surface area (Å²) in [6, 6.07) is 0. The molecule has 1 aliphatic rings. The second-order valence-electron chi connectivity index (χ2n) is 3.67. The molecular weight excluding hydrogens is 222 g/mol. The standard InChI is InChI=1S/C10H13N5O2/c1-2-6-5-11-15-9(6)12-10(17)7-3-4-8(16)14-13-7/h5H,2-4H2,1H3,(H,14,16)(H2,11,12,15,17). The molecule has 7 heteroatoms. The predicted molar refractivity (Wildman–Crippen MR) is 61.4 cm³/mol. The van der Waals surface area contributed by atoms with Crippen molar-refractivity contribution in [2.45, 2.75) is 26.2 Å². The molecule has 0 atom stereocenters. The maximum atomic E-state index is 11.8. The molecule has 2 rings (SSSR count). The van der Waals surface area contributed by atoms with Crippen molar-refractivity contribution in [3.05, 3.63) is 11.8 Å². The lowest BCUT2D eigenvalue weighted by atomic mass is 10.1. The summed E-state index contributed by atoms with van der Waals surface area (Å²) in [6.07, 6.45) is 3.08. The first-order chi connectivity index (χ1) is 8.20. The van der Waals surface area contributed by atoms with Gasteiger partial charge in [0.05, 0.1) is 6.20 Å². The minimum absolute atomic E-state index is 0.169. The Bertz CT molecular complexity index is 477. The summed E-state index contributed by atoms with van der Waals surface area (Å²) in [5.74, 6) is 0.0957. The molecule has 0 bridgehead atoms. The lowest BCUT2D eigenvalue weighted by molar-refractivity contribution is -0.121. The molecule has 3 N–H and O–H groups in total. The number of aromatic amines is 1. The van der Waals surface area contributed by atoms with Crippen molar-refractivity contribution in [2.75, 3.05) is 5.32 Å². The number of amides is 2. The number of H-pyrrole nitrogens is 1. The zero-order valence-electron chi connectivity index (χ0n) is 9.41. The van der Waals surface area contributed by atoms with Crippen LogP contribution in [0.4, 0.5) is 5.82 Å². The molecule has 2 heterocycles. The van der Waals surface area contributed by atoms with Gasteiger partial charge in [0, 0.05) is 18.4 Å². The van der Waals surface area contributed by atoms with E-state index in [0.717, 1.165) is 12.0 Å². The Kier molecular flexibility index (Phi) is 3.17. The van der Waals surface area contributed by atoms with Crippen LogP contribution in [0.3, 0.4) is 0 Å². The van der Waals surface area contributed by atoms with Crippen LogP contribution in [0.25, 0.3) is 0 Å². The van der Waals surface area contributed by atoms with E-state index in [9.17, 15) is 9.59 Å². The van der Waals surface area contributed by atoms with E-state index in [4.69, 9.17) is 0 Å². The number of hydrogen-bond donors (Lipinski definition) is 3. The predicted octanol–water partition coefficient (Wildman–Crippen LogP) is 0.177. The Labute approximate surface area is 97.7 Å². The third kappa shape index (κ3) is 2.49. The maximum Gasteiger partial charge on any atom is 0.273 e. The summed E-state index contributed by atoms with van der Waals surface area (Å²) in [5.41, 5.74) is 3.53. The fourth-order valence-electron chi connectivity index (χ4n) is 1.51. The van der Waals surface area contributed by atoms with Gasteiger partial charge in [0.25, 0.3) is 5.91 Å². The van der Waals surface area contributed by atoms with Crippen molar-refractivity contribution >= 4 is 23.3 Å². The second kappa shape index (κ2) is 4.77. The summed E-state index contributed by atoms with van der Waals surface area (Å²) < 4.78 is 0. The van der Waals surface area contributed by atoms with Crippen LogP contribution in [0.5, 0.6) is 0 Å². The van der Waals surface area contributed by atoms with E-state index in [1.165, 1.54) is 0 Å². The molecule has 90 valence electrons. The van der Waals surface area contributed by atoms with Gasteiger partial charge < -0.3 is 5.32 Å². The SMILES string of the molecule is CCc1cn[nH]c1NC(=O)C1=NNC(=O)CC1. The molecule has 0 saturated heterocycles. The van der Waals surface area contributed by atoms with Gasteiger partial charge in [0.15, 0.2) is 0 Å². The molecule has 0 radical (unpaired) electrons. The maximum absolute atomic E-state index is 11.8. The van der Waals surface area contributed by atoms with Crippen molar-refractivity contribution < 1.29 is 9.59 Å². The van der Waals surface area contributed by atoms with Crippen molar-refractivity contribution in [1.82, 2.24) is 15.6 Å². The molecule has 17 heavy (non-hydrogen) atoms. The van der Waals surface area contributed by atoms with Crippen LogP contribution < -0.4 is 10.7 Å². The minimum atomic E-state index is -0.316. The molecule has 1 aromatic heterocycles. The number of aryl methyl sites for hydroxylation is 1. The summed E-state index contributed by atoms with van der Waals surface area (Å²) in [6.45, 7) is 1.97. The van der Waals surface area contributed by atoms with Crippen LogP contribution in [-0.4, -0.2) is 27.7 Å². The van der Waals surface area contributed by atoms with Gasteiger partial charge in [-0.05, 0) is 6.42 Å². The molecule has 7 nitrogen and oxygen atoms in total. The van der Waals surface area contributed by atoms with E-state index >= 15 is 0 Å². The smallest absolute Gasteiger partial charge is 0.273 e. The second-order valence-corrected chi connectivity index (χ2v) is 3.67. The zero-order valence-corrected chi connectivity index (χ0v) is 9.41. The number of rotatable bonds is 3. The number of carbonyl (C=O) groups is 2. The Hall–Kier alpha value is -2.18. The third-order valence-corrected chi connectivity index (χ3v) is 2.50. The number of hydrazone groups is 1. The van der Waals surface area contributed by atoms with Gasteiger partial charge in [-0.15, -0.1) is 0 Å².